The summed E-state index contributed by atoms with van der Waals surface area (Å²) in [7, 11) is 0. The summed E-state index contributed by atoms with van der Waals surface area (Å²) >= 11 is 0. The van der Waals surface area contributed by atoms with Crippen LogP contribution in [-0.2, 0) is 11.3 Å². The number of ether oxygens (including phenoxy) is 1. The highest BCUT2D eigenvalue weighted by atomic mass is 19.1. The Morgan fingerprint density at radius 1 is 1.26 bits per heavy atom. The molecule has 0 amide bonds. The van der Waals surface area contributed by atoms with Crippen molar-refractivity contribution in [1.29, 1.82) is 0 Å². The van der Waals surface area contributed by atoms with Crippen molar-refractivity contribution < 1.29 is 13.9 Å². The van der Waals surface area contributed by atoms with E-state index in [0.29, 0.717) is 0 Å². The number of anilines is 1. The minimum Gasteiger partial charge on any atom is -0.457 e. The molecule has 0 aliphatic carbocycles. The zero-order valence-corrected chi connectivity index (χ0v) is 10.5. The van der Waals surface area contributed by atoms with Gasteiger partial charge in [-0.1, -0.05) is 29.8 Å². The third-order valence-electron chi connectivity index (χ3n) is 2.67. The fourth-order valence-corrected chi connectivity index (χ4v) is 1.73. The summed E-state index contributed by atoms with van der Waals surface area (Å²) < 4.78 is 18.6. The lowest BCUT2D eigenvalue weighted by atomic mass is 10.1. The van der Waals surface area contributed by atoms with Crippen LogP contribution < -0.4 is 5.73 Å². The van der Waals surface area contributed by atoms with E-state index in [2.05, 4.69) is 0 Å². The van der Waals surface area contributed by atoms with Crippen LogP contribution in [-0.4, -0.2) is 5.97 Å². The van der Waals surface area contributed by atoms with Crippen LogP contribution in [0.3, 0.4) is 0 Å². The molecule has 0 aliphatic rings. The summed E-state index contributed by atoms with van der Waals surface area (Å²) in [5.74, 6) is -1.37. The molecule has 19 heavy (non-hydrogen) atoms. The van der Waals surface area contributed by atoms with Crippen LogP contribution >= 0.6 is 0 Å². The fraction of sp³-hybridized carbons (Fsp3) is 0.133. The van der Waals surface area contributed by atoms with Gasteiger partial charge in [0.05, 0.1) is 5.56 Å². The quantitative estimate of drug-likeness (QED) is 0.680. The molecule has 0 radical (unpaired) electrons. The van der Waals surface area contributed by atoms with Gasteiger partial charge < -0.3 is 10.5 Å². The van der Waals surface area contributed by atoms with Crippen molar-refractivity contribution in [2.24, 2.45) is 0 Å². The Hall–Kier alpha value is -2.36. The maximum atomic E-state index is 13.5. The number of hydrogen-bond donors (Lipinski definition) is 1. The molecule has 0 bridgehead atoms. The van der Waals surface area contributed by atoms with Gasteiger partial charge in [-0.2, -0.15) is 0 Å². The first kappa shape index (κ1) is 13.1. The molecule has 2 N–H and O–H groups in total. The summed E-state index contributed by atoms with van der Waals surface area (Å²) in [5.41, 5.74) is 7.52. The number of nitrogens with two attached hydrogens (primary N) is 1. The lowest BCUT2D eigenvalue weighted by molar-refractivity contribution is 0.0467. The highest BCUT2D eigenvalue weighted by Crippen LogP contribution is 2.14. The van der Waals surface area contributed by atoms with Crippen LogP contribution in [0.5, 0.6) is 0 Å². The van der Waals surface area contributed by atoms with Crippen molar-refractivity contribution in [2.75, 3.05) is 5.73 Å². The predicted octanol–water partition coefficient (Wildman–Crippen LogP) is 3.07. The van der Waals surface area contributed by atoms with Gasteiger partial charge in [0.25, 0.3) is 0 Å². The van der Waals surface area contributed by atoms with E-state index < -0.39 is 11.8 Å². The van der Waals surface area contributed by atoms with Crippen LogP contribution in [0.2, 0.25) is 0 Å². The van der Waals surface area contributed by atoms with Gasteiger partial charge in [-0.3, -0.25) is 0 Å². The molecule has 4 heteroatoms. The average molecular weight is 259 g/mol. The molecular weight excluding hydrogens is 245 g/mol. The van der Waals surface area contributed by atoms with Crippen molar-refractivity contribution in [3.63, 3.8) is 0 Å². The Balaban J connectivity index is 2.05. The maximum Gasteiger partial charge on any atom is 0.341 e. The number of nitrogen functional groups attached to an aromatic ring is 1. The van der Waals surface area contributed by atoms with Crippen LogP contribution in [0.15, 0.2) is 42.5 Å². The monoisotopic (exact) mass is 259 g/mol. The molecule has 0 aromatic heterocycles. The van der Waals surface area contributed by atoms with E-state index in [-0.39, 0.29) is 17.9 Å². The Morgan fingerprint density at radius 3 is 2.74 bits per heavy atom. The lowest BCUT2D eigenvalue weighted by Crippen LogP contribution is -2.08. The minimum absolute atomic E-state index is 0.109. The van der Waals surface area contributed by atoms with Gasteiger partial charge in [-0.25, -0.2) is 9.18 Å². The second-order valence-corrected chi connectivity index (χ2v) is 4.30. The van der Waals surface area contributed by atoms with E-state index in [9.17, 15) is 9.18 Å². The zero-order valence-electron chi connectivity index (χ0n) is 10.5. The molecule has 98 valence electrons. The first-order valence-electron chi connectivity index (χ1n) is 5.84. The van der Waals surface area contributed by atoms with Crippen LogP contribution in [0.25, 0.3) is 0 Å². The summed E-state index contributed by atoms with van der Waals surface area (Å²) in [6, 6.07) is 11.5. The molecule has 0 aliphatic heterocycles. The van der Waals surface area contributed by atoms with Gasteiger partial charge >= 0.3 is 5.97 Å². The normalized spacial score (nSPS) is 10.2. The summed E-state index contributed by atoms with van der Waals surface area (Å²) in [6.45, 7) is 2.06. The number of aryl methyl sites for hydroxylation is 1. The molecule has 0 saturated heterocycles. The van der Waals surface area contributed by atoms with E-state index in [0.717, 1.165) is 17.2 Å². The van der Waals surface area contributed by atoms with Crippen molar-refractivity contribution in [3.8, 4) is 0 Å². The maximum absolute atomic E-state index is 13.5. The highest BCUT2D eigenvalue weighted by Gasteiger charge is 2.13. The van der Waals surface area contributed by atoms with Gasteiger partial charge in [0, 0.05) is 5.69 Å². The fourth-order valence-electron chi connectivity index (χ4n) is 1.73. The van der Waals surface area contributed by atoms with Crippen molar-refractivity contribution in [3.05, 3.63) is 65.0 Å². The van der Waals surface area contributed by atoms with Gasteiger partial charge in [0.15, 0.2) is 0 Å². The molecule has 0 heterocycles. The molecular formula is C15H14FNO2. The molecule has 2 rings (SSSR count). The standard InChI is InChI=1S/C15H14FNO2/c1-10-3-2-4-11(7-10)9-19-15(18)13-6-5-12(17)8-14(13)16/h2-8H,9,17H2,1H3. The van der Waals surface area contributed by atoms with Gasteiger partial charge in [-0.05, 0) is 30.7 Å². The van der Waals surface area contributed by atoms with E-state index in [1.54, 1.807) is 0 Å². The Labute approximate surface area is 110 Å². The van der Waals surface area contributed by atoms with Gasteiger partial charge in [0.2, 0.25) is 0 Å². The van der Waals surface area contributed by atoms with Gasteiger partial charge in [-0.15, -0.1) is 0 Å². The summed E-state index contributed by atoms with van der Waals surface area (Å²) in [5, 5.41) is 0. The Bertz CT molecular complexity index is 611. The van der Waals surface area contributed by atoms with Crippen molar-refractivity contribution in [1.82, 2.24) is 0 Å². The molecule has 2 aromatic carbocycles. The van der Waals surface area contributed by atoms with E-state index in [4.69, 9.17) is 10.5 Å². The minimum atomic E-state index is -0.695. The molecule has 0 atom stereocenters. The van der Waals surface area contributed by atoms with E-state index in [1.165, 1.54) is 12.1 Å². The number of benzene rings is 2. The predicted molar refractivity (Wildman–Crippen MR) is 71.1 cm³/mol. The molecule has 0 fully saturated rings. The second-order valence-electron chi connectivity index (χ2n) is 4.30. The molecule has 0 saturated carbocycles. The summed E-state index contributed by atoms with van der Waals surface area (Å²) in [6.07, 6.45) is 0. The first-order valence-corrected chi connectivity index (χ1v) is 5.84. The highest BCUT2D eigenvalue weighted by molar-refractivity contribution is 5.90. The van der Waals surface area contributed by atoms with Crippen LogP contribution in [0.4, 0.5) is 10.1 Å². The molecule has 3 nitrogen and oxygen atoms in total. The van der Waals surface area contributed by atoms with Crippen molar-refractivity contribution >= 4 is 11.7 Å². The molecule has 2 aromatic rings. The largest absolute Gasteiger partial charge is 0.457 e. The number of halogens is 1. The topological polar surface area (TPSA) is 52.3 Å². The van der Waals surface area contributed by atoms with Crippen molar-refractivity contribution in [2.45, 2.75) is 13.5 Å². The average Bonchev–Trinajstić information content (AvgIpc) is 2.36. The third kappa shape index (κ3) is 3.31. The smallest absolute Gasteiger partial charge is 0.341 e. The first-order chi connectivity index (χ1) is 9.06. The third-order valence-corrected chi connectivity index (χ3v) is 2.67. The number of rotatable bonds is 3. The number of esters is 1. The zero-order chi connectivity index (χ0) is 13.8. The SMILES string of the molecule is Cc1cccc(COC(=O)c2ccc(N)cc2F)c1. The lowest BCUT2D eigenvalue weighted by Gasteiger charge is -2.07. The van der Waals surface area contributed by atoms with Crippen LogP contribution in [0, 0.1) is 12.7 Å². The molecule has 0 unspecified atom stereocenters. The number of carbonyl (C=O) groups is 1. The summed E-state index contributed by atoms with van der Waals surface area (Å²) in [4.78, 5) is 11.7. The Kier molecular flexibility index (Phi) is 3.80. The van der Waals surface area contributed by atoms with Gasteiger partial charge in [0.1, 0.15) is 12.4 Å². The van der Waals surface area contributed by atoms with Crippen LogP contribution in [0.1, 0.15) is 21.5 Å². The number of hydrogen-bond acceptors (Lipinski definition) is 3. The number of carbonyl (C=O) groups excluding carboxylic acids is 1. The van der Waals surface area contributed by atoms with E-state index in [1.807, 2.05) is 31.2 Å². The van der Waals surface area contributed by atoms with E-state index >= 15 is 0 Å². The second kappa shape index (κ2) is 5.52. The molecule has 0 spiro atoms. The Morgan fingerprint density at radius 2 is 2.05 bits per heavy atom.